The van der Waals surface area contributed by atoms with Gasteiger partial charge in [0, 0.05) is 16.2 Å². The lowest BCUT2D eigenvalue weighted by molar-refractivity contribution is -0.136. The lowest BCUT2D eigenvalue weighted by atomic mass is 10.3. The summed E-state index contributed by atoms with van der Waals surface area (Å²) in [7, 11) is 0. The van der Waals surface area contributed by atoms with Gasteiger partial charge in [-0.05, 0) is 24.8 Å². The molecule has 0 fully saturated rings. The van der Waals surface area contributed by atoms with Crippen LogP contribution in [0.15, 0.2) is 17.5 Å². The Morgan fingerprint density at radius 2 is 2.29 bits per heavy atom. The number of thiophene rings is 1. The minimum Gasteiger partial charge on any atom is -0.481 e. The Kier molecular flexibility index (Phi) is 3.91. The molecule has 0 spiro atoms. The van der Waals surface area contributed by atoms with Crippen molar-refractivity contribution in [2.45, 2.75) is 26.2 Å². The van der Waals surface area contributed by atoms with E-state index >= 15 is 0 Å². The van der Waals surface area contributed by atoms with Gasteiger partial charge in [0.2, 0.25) is 0 Å². The molecule has 0 aromatic carbocycles. The van der Waals surface area contributed by atoms with E-state index in [0.717, 1.165) is 28.4 Å². The van der Waals surface area contributed by atoms with Crippen LogP contribution in [0.25, 0.3) is 0 Å². The highest BCUT2D eigenvalue weighted by Gasteiger charge is 2.10. The van der Waals surface area contributed by atoms with Crippen LogP contribution in [0, 0.1) is 6.92 Å². The molecule has 3 nitrogen and oxygen atoms in total. The Labute approximate surface area is 108 Å². The first-order chi connectivity index (χ1) is 8.15. The molecule has 0 saturated heterocycles. The number of aliphatic carboxylic acids is 1. The van der Waals surface area contributed by atoms with E-state index in [0.29, 0.717) is 0 Å². The SMILES string of the molecule is Cc1nc(CCc2cccs2)sc1CC(=O)O. The van der Waals surface area contributed by atoms with E-state index in [9.17, 15) is 4.79 Å². The fourth-order valence-electron chi connectivity index (χ4n) is 1.58. The zero-order chi connectivity index (χ0) is 12.3. The van der Waals surface area contributed by atoms with Crippen molar-refractivity contribution >= 4 is 28.6 Å². The summed E-state index contributed by atoms with van der Waals surface area (Å²) in [4.78, 5) is 17.3. The van der Waals surface area contributed by atoms with Crippen LogP contribution in [-0.2, 0) is 24.1 Å². The normalized spacial score (nSPS) is 10.6. The summed E-state index contributed by atoms with van der Waals surface area (Å²) in [5.74, 6) is -0.790. The zero-order valence-electron chi connectivity index (χ0n) is 9.47. The fraction of sp³-hybridized carbons (Fsp3) is 0.333. The molecule has 1 N–H and O–H groups in total. The topological polar surface area (TPSA) is 50.2 Å². The zero-order valence-corrected chi connectivity index (χ0v) is 11.1. The first-order valence-electron chi connectivity index (χ1n) is 5.34. The standard InChI is InChI=1S/C12H13NO2S2/c1-8-10(7-12(14)15)17-11(13-8)5-4-9-3-2-6-16-9/h2-3,6H,4-5,7H2,1H3,(H,14,15). The van der Waals surface area contributed by atoms with E-state index in [1.807, 2.05) is 13.0 Å². The van der Waals surface area contributed by atoms with Crippen molar-refractivity contribution in [3.63, 3.8) is 0 Å². The van der Waals surface area contributed by atoms with Crippen LogP contribution >= 0.6 is 22.7 Å². The van der Waals surface area contributed by atoms with Gasteiger partial charge in [0.05, 0.1) is 17.1 Å². The van der Waals surface area contributed by atoms with Gasteiger partial charge in [-0.25, -0.2) is 4.98 Å². The molecule has 17 heavy (non-hydrogen) atoms. The molecule has 0 bridgehead atoms. The van der Waals surface area contributed by atoms with E-state index < -0.39 is 5.97 Å². The summed E-state index contributed by atoms with van der Waals surface area (Å²) in [5, 5.41) is 11.9. The first-order valence-corrected chi connectivity index (χ1v) is 7.04. The van der Waals surface area contributed by atoms with Crippen molar-refractivity contribution in [1.82, 2.24) is 4.98 Å². The smallest absolute Gasteiger partial charge is 0.308 e. The van der Waals surface area contributed by atoms with E-state index in [4.69, 9.17) is 5.11 Å². The van der Waals surface area contributed by atoms with Gasteiger partial charge in [-0.1, -0.05) is 6.07 Å². The summed E-state index contributed by atoms with van der Waals surface area (Å²) in [6.07, 6.45) is 1.96. The first kappa shape index (κ1) is 12.3. The second-order valence-electron chi connectivity index (χ2n) is 3.77. The van der Waals surface area contributed by atoms with Gasteiger partial charge < -0.3 is 5.11 Å². The lowest BCUT2D eigenvalue weighted by Crippen LogP contribution is -1.99. The number of hydrogen-bond donors (Lipinski definition) is 1. The predicted octanol–water partition coefficient (Wildman–Crippen LogP) is 2.93. The van der Waals surface area contributed by atoms with E-state index in [1.165, 1.54) is 16.2 Å². The van der Waals surface area contributed by atoms with Crippen LogP contribution < -0.4 is 0 Å². The van der Waals surface area contributed by atoms with Gasteiger partial charge in [0.1, 0.15) is 0 Å². The second-order valence-corrected chi connectivity index (χ2v) is 5.97. The minimum atomic E-state index is -0.790. The Bertz CT molecular complexity index is 503. The minimum absolute atomic E-state index is 0.0858. The summed E-state index contributed by atoms with van der Waals surface area (Å²) in [6.45, 7) is 1.88. The third-order valence-electron chi connectivity index (χ3n) is 2.41. The highest BCUT2D eigenvalue weighted by Crippen LogP contribution is 2.21. The lowest BCUT2D eigenvalue weighted by Gasteiger charge is -1.93. The van der Waals surface area contributed by atoms with E-state index in [1.54, 1.807) is 11.3 Å². The number of aryl methyl sites for hydroxylation is 3. The fourth-order valence-corrected chi connectivity index (χ4v) is 3.35. The molecule has 2 rings (SSSR count). The van der Waals surface area contributed by atoms with Crippen LogP contribution in [0.1, 0.15) is 20.5 Å². The molecule has 2 aromatic rings. The number of nitrogens with zero attached hydrogens (tertiary/aromatic N) is 1. The monoisotopic (exact) mass is 267 g/mol. The number of aromatic nitrogens is 1. The van der Waals surface area contributed by atoms with Gasteiger partial charge in [-0.15, -0.1) is 22.7 Å². The van der Waals surface area contributed by atoms with Gasteiger partial charge in [-0.3, -0.25) is 4.79 Å². The maximum Gasteiger partial charge on any atom is 0.308 e. The van der Waals surface area contributed by atoms with E-state index in [-0.39, 0.29) is 6.42 Å². The van der Waals surface area contributed by atoms with E-state index in [2.05, 4.69) is 16.4 Å². The van der Waals surface area contributed by atoms with Gasteiger partial charge in [-0.2, -0.15) is 0 Å². The molecule has 0 aliphatic rings. The van der Waals surface area contributed by atoms with Crippen LogP contribution in [0.2, 0.25) is 0 Å². The van der Waals surface area contributed by atoms with Crippen LogP contribution in [0.3, 0.4) is 0 Å². The molecule has 5 heteroatoms. The molecule has 0 amide bonds. The van der Waals surface area contributed by atoms with Crippen molar-refractivity contribution in [2.24, 2.45) is 0 Å². The van der Waals surface area contributed by atoms with Crippen LogP contribution in [0.4, 0.5) is 0 Å². The number of carbonyl (C=O) groups is 1. The second kappa shape index (κ2) is 5.42. The Hall–Kier alpha value is -1.20. The molecule has 0 aliphatic carbocycles. The summed E-state index contributed by atoms with van der Waals surface area (Å²) in [6, 6.07) is 4.16. The molecule has 0 radical (unpaired) electrons. The van der Waals surface area contributed by atoms with Gasteiger partial charge in [0.25, 0.3) is 0 Å². The molecule has 0 aliphatic heterocycles. The van der Waals surface area contributed by atoms with Crippen molar-refractivity contribution in [1.29, 1.82) is 0 Å². The molecular weight excluding hydrogens is 254 g/mol. The largest absolute Gasteiger partial charge is 0.481 e. The predicted molar refractivity (Wildman–Crippen MR) is 69.9 cm³/mol. The third kappa shape index (κ3) is 3.38. The maximum atomic E-state index is 10.7. The quantitative estimate of drug-likeness (QED) is 0.906. The van der Waals surface area contributed by atoms with Crippen molar-refractivity contribution < 1.29 is 9.90 Å². The molecule has 0 unspecified atom stereocenters. The van der Waals surface area contributed by atoms with Crippen molar-refractivity contribution in [3.05, 3.63) is 38.0 Å². The number of carboxylic acids is 1. The molecular formula is C12H13NO2S2. The Morgan fingerprint density at radius 3 is 2.94 bits per heavy atom. The van der Waals surface area contributed by atoms with Crippen molar-refractivity contribution in [3.8, 4) is 0 Å². The highest BCUT2D eigenvalue weighted by molar-refractivity contribution is 7.12. The van der Waals surface area contributed by atoms with Crippen LogP contribution in [0.5, 0.6) is 0 Å². The molecule has 0 saturated carbocycles. The van der Waals surface area contributed by atoms with Crippen molar-refractivity contribution in [2.75, 3.05) is 0 Å². The number of hydrogen-bond acceptors (Lipinski definition) is 4. The van der Waals surface area contributed by atoms with Gasteiger partial charge >= 0.3 is 5.97 Å². The summed E-state index contributed by atoms with van der Waals surface area (Å²) < 4.78 is 0. The number of rotatable bonds is 5. The molecule has 2 aromatic heterocycles. The molecule has 90 valence electrons. The number of carboxylic acid groups (broad SMARTS) is 1. The molecule has 2 heterocycles. The average molecular weight is 267 g/mol. The Balaban J connectivity index is 1.99. The third-order valence-corrected chi connectivity index (χ3v) is 4.57. The Morgan fingerprint density at radius 1 is 1.47 bits per heavy atom. The summed E-state index contributed by atoms with van der Waals surface area (Å²) in [5.41, 5.74) is 0.860. The summed E-state index contributed by atoms with van der Waals surface area (Å²) >= 11 is 3.27. The number of thiazole rings is 1. The average Bonchev–Trinajstić information content (AvgIpc) is 2.86. The maximum absolute atomic E-state index is 10.7. The highest BCUT2D eigenvalue weighted by atomic mass is 32.1. The van der Waals surface area contributed by atoms with Gasteiger partial charge in [0.15, 0.2) is 0 Å². The molecule has 0 atom stereocenters. The van der Waals surface area contributed by atoms with Crippen LogP contribution in [-0.4, -0.2) is 16.1 Å².